The average Bonchev–Trinajstić information content (AvgIpc) is 2.15. The molecule has 1 aromatic carbocycles. The maximum atomic E-state index is 12.3. The van der Waals surface area contributed by atoms with Gasteiger partial charge in [-0.2, -0.15) is 13.2 Å². The fourth-order valence-corrected chi connectivity index (χ4v) is 1.29. The van der Waals surface area contributed by atoms with Gasteiger partial charge in [-0.25, -0.2) is 4.99 Å². The molecule has 0 saturated heterocycles. The van der Waals surface area contributed by atoms with Gasteiger partial charge in [-0.1, -0.05) is 32.9 Å². The molecule has 94 valence electrons. The molecule has 0 aliphatic carbocycles. The molecular weight excluding hydrogens is 227 g/mol. The van der Waals surface area contributed by atoms with E-state index in [2.05, 4.69) is 4.99 Å². The number of aliphatic imine (C=N–C) groups is 1. The maximum absolute atomic E-state index is 12.3. The second kappa shape index (κ2) is 4.51. The molecule has 0 saturated carbocycles. The Balaban J connectivity index is 2.97. The fraction of sp³-hybridized carbons (Fsp3) is 0.462. The summed E-state index contributed by atoms with van der Waals surface area (Å²) in [7, 11) is 0. The van der Waals surface area contributed by atoms with Gasteiger partial charge in [0.15, 0.2) is 0 Å². The lowest BCUT2D eigenvalue weighted by Gasteiger charge is -2.18. The summed E-state index contributed by atoms with van der Waals surface area (Å²) >= 11 is 0. The SMILES string of the molecule is CC(=Nc1ccc(C(C)(C)C)cc1)C(F)(F)F. The Morgan fingerprint density at radius 3 is 1.82 bits per heavy atom. The van der Waals surface area contributed by atoms with Crippen molar-refractivity contribution in [2.45, 2.75) is 39.3 Å². The van der Waals surface area contributed by atoms with Gasteiger partial charge in [0.05, 0.1) is 5.69 Å². The number of benzene rings is 1. The summed E-state index contributed by atoms with van der Waals surface area (Å²) in [5, 5.41) is 0. The minimum absolute atomic E-state index is 0.0126. The Morgan fingerprint density at radius 2 is 1.47 bits per heavy atom. The van der Waals surface area contributed by atoms with Crippen LogP contribution in [0.3, 0.4) is 0 Å². The van der Waals surface area contributed by atoms with Crippen molar-refractivity contribution in [1.82, 2.24) is 0 Å². The average molecular weight is 243 g/mol. The van der Waals surface area contributed by atoms with Crippen LogP contribution in [0, 0.1) is 0 Å². The summed E-state index contributed by atoms with van der Waals surface area (Å²) in [6.45, 7) is 7.11. The smallest absolute Gasteiger partial charge is 0.249 e. The highest BCUT2D eigenvalue weighted by Crippen LogP contribution is 2.26. The van der Waals surface area contributed by atoms with E-state index in [1.54, 1.807) is 12.1 Å². The second-order valence-electron chi connectivity index (χ2n) is 4.99. The number of alkyl halides is 3. The molecule has 0 aliphatic heterocycles. The second-order valence-corrected chi connectivity index (χ2v) is 4.99. The van der Waals surface area contributed by atoms with Crippen molar-refractivity contribution in [3.05, 3.63) is 29.8 Å². The van der Waals surface area contributed by atoms with Gasteiger partial charge in [0, 0.05) is 0 Å². The summed E-state index contributed by atoms with van der Waals surface area (Å²) in [4.78, 5) is 3.55. The first-order valence-corrected chi connectivity index (χ1v) is 5.34. The molecule has 0 aliphatic rings. The van der Waals surface area contributed by atoms with Crippen LogP contribution in [0.25, 0.3) is 0 Å². The molecular formula is C13H16F3N. The van der Waals surface area contributed by atoms with E-state index in [1.807, 2.05) is 32.9 Å². The van der Waals surface area contributed by atoms with Crippen LogP contribution >= 0.6 is 0 Å². The number of rotatable bonds is 1. The molecule has 0 atom stereocenters. The van der Waals surface area contributed by atoms with Gasteiger partial charge in [0.25, 0.3) is 0 Å². The summed E-state index contributed by atoms with van der Waals surface area (Å²) in [6.07, 6.45) is -4.36. The Bertz CT molecular complexity index is 408. The zero-order valence-corrected chi connectivity index (χ0v) is 10.4. The largest absolute Gasteiger partial charge is 0.429 e. The van der Waals surface area contributed by atoms with Crippen LogP contribution in [0.15, 0.2) is 29.3 Å². The highest BCUT2D eigenvalue weighted by Gasteiger charge is 2.31. The van der Waals surface area contributed by atoms with E-state index < -0.39 is 11.9 Å². The van der Waals surface area contributed by atoms with Gasteiger partial charge in [0.1, 0.15) is 5.71 Å². The van der Waals surface area contributed by atoms with Crippen LogP contribution in [0.5, 0.6) is 0 Å². The highest BCUT2D eigenvalue weighted by atomic mass is 19.4. The van der Waals surface area contributed by atoms with Crippen LogP contribution in [-0.2, 0) is 5.41 Å². The lowest BCUT2D eigenvalue weighted by atomic mass is 9.87. The van der Waals surface area contributed by atoms with Gasteiger partial charge in [0.2, 0.25) is 0 Å². The van der Waals surface area contributed by atoms with Gasteiger partial charge in [-0.15, -0.1) is 0 Å². The first-order chi connectivity index (χ1) is 7.60. The van der Waals surface area contributed by atoms with Crippen LogP contribution in [-0.4, -0.2) is 11.9 Å². The summed E-state index contributed by atoms with van der Waals surface area (Å²) < 4.78 is 36.8. The first-order valence-electron chi connectivity index (χ1n) is 5.34. The van der Waals surface area contributed by atoms with Crippen LogP contribution in [0.4, 0.5) is 18.9 Å². The quantitative estimate of drug-likeness (QED) is 0.637. The van der Waals surface area contributed by atoms with Crippen LogP contribution in [0.2, 0.25) is 0 Å². The third-order valence-electron chi connectivity index (χ3n) is 2.44. The predicted molar refractivity (Wildman–Crippen MR) is 64.0 cm³/mol. The zero-order chi connectivity index (χ0) is 13.3. The summed E-state index contributed by atoms with van der Waals surface area (Å²) in [6, 6.07) is 6.83. The van der Waals surface area contributed by atoms with E-state index in [0.29, 0.717) is 5.69 Å². The van der Waals surface area contributed by atoms with Crippen molar-refractivity contribution in [3.8, 4) is 0 Å². The molecule has 0 aromatic heterocycles. The van der Waals surface area contributed by atoms with E-state index in [4.69, 9.17) is 0 Å². The number of hydrogen-bond donors (Lipinski definition) is 0. The number of nitrogens with zero attached hydrogens (tertiary/aromatic N) is 1. The van der Waals surface area contributed by atoms with E-state index in [0.717, 1.165) is 12.5 Å². The van der Waals surface area contributed by atoms with Gasteiger partial charge < -0.3 is 0 Å². The molecule has 17 heavy (non-hydrogen) atoms. The van der Waals surface area contributed by atoms with Crippen molar-refractivity contribution in [1.29, 1.82) is 0 Å². The topological polar surface area (TPSA) is 12.4 Å². The monoisotopic (exact) mass is 243 g/mol. The Hall–Kier alpha value is -1.32. The molecule has 0 amide bonds. The highest BCUT2D eigenvalue weighted by molar-refractivity contribution is 5.89. The van der Waals surface area contributed by atoms with Crippen molar-refractivity contribution >= 4 is 11.4 Å². The zero-order valence-electron chi connectivity index (χ0n) is 10.4. The minimum atomic E-state index is -4.36. The fourth-order valence-electron chi connectivity index (χ4n) is 1.29. The molecule has 4 heteroatoms. The molecule has 1 rings (SSSR count). The van der Waals surface area contributed by atoms with Crippen molar-refractivity contribution in [2.75, 3.05) is 0 Å². The van der Waals surface area contributed by atoms with Gasteiger partial charge in [-0.3, -0.25) is 0 Å². The third kappa shape index (κ3) is 3.88. The first kappa shape index (κ1) is 13.7. The molecule has 0 unspecified atom stereocenters. The molecule has 1 aromatic rings. The van der Waals surface area contributed by atoms with Gasteiger partial charge >= 0.3 is 6.18 Å². The van der Waals surface area contributed by atoms with E-state index >= 15 is 0 Å². The lowest BCUT2D eigenvalue weighted by Crippen LogP contribution is -2.18. The number of hydrogen-bond acceptors (Lipinski definition) is 1. The molecule has 1 nitrogen and oxygen atoms in total. The minimum Gasteiger partial charge on any atom is -0.249 e. The Morgan fingerprint density at radius 1 is 1.00 bits per heavy atom. The van der Waals surface area contributed by atoms with Crippen molar-refractivity contribution < 1.29 is 13.2 Å². The van der Waals surface area contributed by atoms with E-state index in [-0.39, 0.29) is 5.41 Å². The molecule has 0 N–H and O–H groups in total. The lowest BCUT2D eigenvalue weighted by molar-refractivity contribution is -0.0591. The molecule has 0 bridgehead atoms. The standard InChI is InChI=1S/C13H16F3N/c1-9(13(14,15)16)17-11-7-5-10(6-8-11)12(2,3)4/h5-8H,1-4H3. The van der Waals surface area contributed by atoms with Crippen molar-refractivity contribution in [3.63, 3.8) is 0 Å². The third-order valence-corrected chi connectivity index (χ3v) is 2.44. The van der Waals surface area contributed by atoms with Gasteiger partial charge in [-0.05, 0) is 30.0 Å². The summed E-state index contributed by atoms with van der Waals surface area (Å²) in [5.74, 6) is 0. The van der Waals surface area contributed by atoms with E-state index in [9.17, 15) is 13.2 Å². The summed E-state index contributed by atoms with van der Waals surface area (Å²) in [5.41, 5.74) is 0.552. The Kier molecular flexibility index (Phi) is 3.65. The van der Waals surface area contributed by atoms with Crippen LogP contribution in [0.1, 0.15) is 33.3 Å². The predicted octanol–water partition coefficient (Wildman–Crippen LogP) is 4.64. The molecule has 0 heterocycles. The van der Waals surface area contributed by atoms with Crippen molar-refractivity contribution in [2.24, 2.45) is 4.99 Å². The molecule has 0 fully saturated rings. The Labute approximate surface area is 99.4 Å². The van der Waals surface area contributed by atoms with E-state index in [1.165, 1.54) is 0 Å². The normalized spacial score (nSPS) is 13.9. The number of halogens is 3. The molecule has 0 spiro atoms. The maximum Gasteiger partial charge on any atom is 0.429 e. The molecule has 0 radical (unpaired) electrons. The van der Waals surface area contributed by atoms with Crippen LogP contribution < -0.4 is 0 Å².